The Kier molecular flexibility index (Phi) is 6.34. The van der Waals surface area contributed by atoms with Gasteiger partial charge in [-0.15, -0.1) is 0 Å². The number of benzene rings is 1. The summed E-state index contributed by atoms with van der Waals surface area (Å²) in [6.07, 6.45) is 4.25. The molecule has 1 aliphatic heterocycles. The van der Waals surface area contributed by atoms with Gasteiger partial charge in [0.1, 0.15) is 5.60 Å². The van der Waals surface area contributed by atoms with Crippen LogP contribution < -0.4 is 5.32 Å². The monoisotopic (exact) mass is 412 g/mol. The number of aliphatic hydroxyl groups is 1. The molecule has 1 saturated carbocycles. The largest absolute Gasteiger partial charge is 0.383 e. The molecule has 1 aromatic rings. The molecule has 1 aliphatic carbocycles. The summed E-state index contributed by atoms with van der Waals surface area (Å²) in [6, 6.07) is 4.80. The first kappa shape index (κ1) is 20.4. The Balaban J connectivity index is 1.60. The van der Waals surface area contributed by atoms with E-state index in [0.29, 0.717) is 41.5 Å². The molecule has 2 atom stereocenters. The first-order valence-electron chi connectivity index (χ1n) is 9.52. The van der Waals surface area contributed by atoms with Crippen molar-refractivity contribution in [3.63, 3.8) is 0 Å². The van der Waals surface area contributed by atoms with Gasteiger partial charge in [-0.05, 0) is 55.7 Å². The highest BCUT2D eigenvalue weighted by Gasteiger charge is 2.43. The molecule has 0 radical (unpaired) electrons. The van der Waals surface area contributed by atoms with Crippen LogP contribution in [0.1, 0.15) is 51.0 Å². The topological polar surface area (TPSA) is 69.6 Å². The van der Waals surface area contributed by atoms with E-state index in [0.717, 1.165) is 25.7 Å². The Morgan fingerprint density at radius 1 is 1.22 bits per heavy atom. The minimum absolute atomic E-state index is 0.0401. The predicted molar refractivity (Wildman–Crippen MR) is 106 cm³/mol. The Bertz CT molecular complexity index is 719. The molecule has 2 amide bonds. The van der Waals surface area contributed by atoms with Crippen molar-refractivity contribution >= 4 is 35.0 Å². The third-order valence-corrected chi connectivity index (χ3v) is 6.65. The van der Waals surface area contributed by atoms with Gasteiger partial charge in [-0.3, -0.25) is 9.59 Å². The van der Waals surface area contributed by atoms with Crippen molar-refractivity contribution in [2.45, 2.75) is 57.1 Å². The van der Waals surface area contributed by atoms with Gasteiger partial charge < -0.3 is 15.3 Å². The minimum Gasteiger partial charge on any atom is -0.383 e. The Morgan fingerprint density at radius 2 is 1.93 bits per heavy atom. The Labute approximate surface area is 170 Å². The molecule has 0 aromatic heterocycles. The van der Waals surface area contributed by atoms with Gasteiger partial charge in [-0.25, -0.2) is 0 Å². The van der Waals surface area contributed by atoms with Crippen LogP contribution in [0.5, 0.6) is 0 Å². The maximum Gasteiger partial charge on any atom is 0.220 e. The van der Waals surface area contributed by atoms with Crippen LogP contribution in [0.2, 0.25) is 10.0 Å². The molecule has 5 nitrogen and oxygen atoms in total. The molecule has 1 aromatic carbocycles. The number of carbonyl (C=O) groups is 2. The molecule has 0 bridgehead atoms. The summed E-state index contributed by atoms with van der Waals surface area (Å²) in [5.41, 5.74) is -0.434. The van der Waals surface area contributed by atoms with Crippen molar-refractivity contribution in [1.82, 2.24) is 10.2 Å². The van der Waals surface area contributed by atoms with Gasteiger partial charge >= 0.3 is 0 Å². The summed E-state index contributed by atoms with van der Waals surface area (Å²) in [6.45, 7) is 3.00. The van der Waals surface area contributed by atoms with Gasteiger partial charge in [-0.2, -0.15) is 0 Å². The molecular formula is C20H26Cl2N2O3. The summed E-state index contributed by atoms with van der Waals surface area (Å²) in [7, 11) is 0. The fraction of sp³-hybridized carbons (Fsp3) is 0.600. The normalized spacial score (nSPS) is 26.2. The number of halogens is 2. The summed E-state index contributed by atoms with van der Waals surface area (Å²) in [4.78, 5) is 25.8. The zero-order valence-electron chi connectivity index (χ0n) is 15.5. The van der Waals surface area contributed by atoms with Crippen molar-refractivity contribution in [1.29, 1.82) is 0 Å². The van der Waals surface area contributed by atoms with Crippen LogP contribution in [0.3, 0.4) is 0 Å². The van der Waals surface area contributed by atoms with E-state index < -0.39 is 5.60 Å². The molecule has 2 N–H and O–H groups in total. The van der Waals surface area contributed by atoms with Gasteiger partial charge in [-0.1, -0.05) is 29.3 Å². The number of amides is 2. The van der Waals surface area contributed by atoms with Crippen LogP contribution in [0.25, 0.3) is 0 Å². The van der Waals surface area contributed by atoms with Crippen LogP contribution in [-0.4, -0.2) is 41.0 Å². The van der Waals surface area contributed by atoms with Crippen LogP contribution in [0, 0.1) is 5.92 Å². The lowest BCUT2D eigenvalue weighted by Gasteiger charge is -2.33. The second-order valence-electron chi connectivity index (χ2n) is 7.72. The molecule has 1 heterocycles. The van der Waals surface area contributed by atoms with Crippen molar-refractivity contribution in [2.75, 3.05) is 13.1 Å². The zero-order valence-corrected chi connectivity index (χ0v) is 17.0. The summed E-state index contributed by atoms with van der Waals surface area (Å²) in [5.74, 6) is 0.331. The SMILES string of the molecule is CC(=O)N1CCC(CC(=O)NC2CCCC2(O)c2ccc(Cl)c(Cl)c2)CC1. The maximum atomic E-state index is 12.6. The van der Waals surface area contributed by atoms with Gasteiger partial charge in [0.05, 0.1) is 16.1 Å². The second kappa shape index (κ2) is 8.38. The van der Waals surface area contributed by atoms with E-state index in [4.69, 9.17) is 23.2 Å². The molecule has 1 saturated heterocycles. The van der Waals surface area contributed by atoms with Crippen molar-refractivity contribution in [3.8, 4) is 0 Å². The Hall–Kier alpha value is -1.30. The van der Waals surface area contributed by atoms with E-state index in [1.807, 2.05) is 4.90 Å². The zero-order chi connectivity index (χ0) is 19.6. The molecule has 2 unspecified atom stereocenters. The Morgan fingerprint density at radius 3 is 2.56 bits per heavy atom. The van der Waals surface area contributed by atoms with Crippen molar-refractivity contribution in [3.05, 3.63) is 33.8 Å². The smallest absolute Gasteiger partial charge is 0.220 e. The highest BCUT2D eigenvalue weighted by atomic mass is 35.5. The molecule has 27 heavy (non-hydrogen) atoms. The number of hydrogen-bond acceptors (Lipinski definition) is 3. The lowest BCUT2D eigenvalue weighted by atomic mass is 9.88. The standard InChI is InChI=1S/C20H26Cl2N2O3/c1-13(25)24-9-6-14(7-10-24)11-19(26)23-18-3-2-8-20(18,27)15-4-5-16(21)17(22)12-15/h4-5,12,14,18,27H,2-3,6-11H2,1H3,(H,23,26). The van der Waals surface area contributed by atoms with E-state index in [1.54, 1.807) is 25.1 Å². The quantitative estimate of drug-likeness (QED) is 0.794. The lowest BCUT2D eigenvalue weighted by Crippen LogP contribution is -2.48. The summed E-state index contributed by atoms with van der Waals surface area (Å²) >= 11 is 12.1. The van der Waals surface area contributed by atoms with E-state index in [2.05, 4.69) is 5.32 Å². The number of carbonyl (C=O) groups excluding carboxylic acids is 2. The fourth-order valence-electron chi connectivity index (χ4n) is 4.26. The molecule has 3 rings (SSSR count). The van der Waals surface area contributed by atoms with E-state index in [1.165, 1.54) is 0 Å². The number of nitrogens with zero attached hydrogens (tertiary/aromatic N) is 1. The third kappa shape index (κ3) is 4.58. The first-order valence-corrected chi connectivity index (χ1v) is 10.3. The second-order valence-corrected chi connectivity index (χ2v) is 8.53. The maximum absolute atomic E-state index is 12.6. The molecular weight excluding hydrogens is 387 g/mol. The van der Waals surface area contributed by atoms with Crippen molar-refractivity contribution in [2.24, 2.45) is 5.92 Å². The number of likely N-dealkylation sites (tertiary alicyclic amines) is 1. The lowest BCUT2D eigenvalue weighted by molar-refractivity contribution is -0.130. The van der Waals surface area contributed by atoms with E-state index in [-0.39, 0.29) is 23.8 Å². The van der Waals surface area contributed by atoms with E-state index in [9.17, 15) is 14.7 Å². The number of rotatable bonds is 4. The van der Waals surface area contributed by atoms with Gasteiger partial charge in [0.15, 0.2) is 0 Å². The minimum atomic E-state index is -1.12. The third-order valence-electron chi connectivity index (χ3n) is 5.92. The van der Waals surface area contributed by atoms with Gasteiger partial charge in [0, 0.05) is 26.4 Å². The molecule has 7 heteroatoms. The van der Waals surface area contributed by atoms with Crippen LogP contribution >= 0.6 is 23.2 Å². The average Bonchev–Trinajstić information content (AvgIpc) is 2.99. The molecule has 2 aliphatic rings. The van der Waals surface area contributed by atoms with Crippen LogP contribution in [0.4, 0.5) is 0 Å². The fourth-order valence-corrected chi connectivity index (χ4v) is 4.56. The molecule has 0 spiro atoms. The molecule has 148 valence electrons. The highest BCUT2D eigenvalue weighted by Crippen LogP contribution is 2.41. The average molecular weight is 413 g/mol. The highest BCUT2D eigenvalue weighted by molar-refractivity contribution is 6.42. The number of hydrogen-bond donors (Lipinski definition) is 2. The van der Waals surface area contributed by atoms with Crippen molar-refractivity contribution < 1.29 is 14.7 Å². The van der Waals surface area contributed by atoms with Gasteiger partial charge in [0.2, 0.25) is 11.8 Å². The number of nitrogens with one attached hydrogen (secondary N) is 1. The molecule has 2 fully saturated rings. The number of piperidine rings is 1. The van der Waals surface area contributed by atoms with E-state index >= 15 is 0 Å². The van der Waals surface area contributed by atoms with Crippen LogP contribution in [-0.2, 0) is 15.2 Å². The van der Waals surface area contributed by atoms with Crippen LogP contribution in [0.15, 0.2) is 18.2 Å². The predicted octanol–water partition coefficient (Wildman–Crippen LogP) is 3.50. The summed E-state index contributed by atoms with van der Waals surface area (Å²) < 4.78 is 0. The summed E-state index contributed by atoms with van der Waals surface area (Å²) in [5, 5.41) is 15.1. The first-order chi connectivity index (χ1) is 12.8. The van der Waals surface area contributed by atoms with Gasteiger partial charge in [0.25, 0.3) is 0 Å².